The Morgan fingerprint density at radius 2 is 2.00 bits per heavy atom. The first-order valence-electron chi connectivity index (χ1n) is 6.06. The van der Waals surface area contributed by atoms with Crippen molar-refractivity contribution < 1.29 is 13.6 Å². The lowest BCUT2D eigenvalue weighted by Crippen LogP contribution is -2.25. The van der Waals surface area contributed by atoms with Gasteiger partial charge in [-0.1, -0.05) is 12.1 Å². The van der Waals surface area contributed by atoms with Crippen LogP contribution in [-0.4, -0.2) is 5.91 Å². The largest absolute Gasteiger partial charge is 0.398 e. The van der Waals surface area contributed by atoms with E-state index in [2.05, 4.69) is 5.32 Å². The Hall–Kier alpha value is -2.43. The quantitative estimate of drug-likeness (QED) is 0.847. The average Bonchev–Trinajstić information content (AvgIpc) is 2.39. The minimum Gasteiger partial charge on any atom is -0.398 e. The van der Waals surface area contributed by atoms with E-state index < -0.39 is 17.5 Å². The van der Waals surface area contributed by atoms with Gasteiger partial charge < -0.3 is 11.1 Å². The Morgan fingerprint density at radius 3 is 2.70 bits per heavy atom. The molecule has 0 radical (unpaired) electrons. The van der Waals surface area contributed by atoms with Crippen molar-refractivity contribution in [1.29, 1.82) is 0 Å². The molecule has 3 N–H and O–H groups in total. The average molecular weight is 276 g/mol. The van der Waals surface area contributed by atoms with Crippen LogP contribution in [0.5, 0.6) is 0 Å². The SMILES string of the molecule is Cc1cccc(N)c1C(=O)NCc1cc(F)ccc1F. The van der Waals surface area contributed by atoms with Crippen molar-refractivity contribution in [2.24, 2.45) is 0 Å². The fourth-order valence-electron chi connectivity index (χ4n) is 1.94. The van der Waals surface area contributed by atoms with Gasteiger partial charge in [0.2, 0.25) is 0 Å². The summed E-state index contributed by atoms with van der Waals surface area (Å²) in [4.78, 5) is 12.0. The van der Waals surface area contributed by atoms with Crippen LogP contribution in [-0.2, 0) is 6.54 Å². The first-order chi connectivity index (χ1) is 9.49. The lowest BCUT2D eigenvalue weighted by molar-refractivity contribution is 0.0951. The molecule has 2 aromatic carbocycles. The number of nitrogen functional groups attached to an aromatic ring is 1. The molecule has 0 aliphatic heterocycles. The standard InChI is InChI=1S/C15H14F2N2O/c1-9-3-2-4-13(18)14(9)15(20)19-8-10-7-11(16)5-6-12(10)17/h2-7H,8,18H2,1H3,(H,19,20). The fourth-order valence-corrected chi connectivity index (χ4v) is 1.94. The summed E-state index contributed by atoms with van der Waals surface area (Å²) in [6.45, 7) is 1.66. The van der Waals surface area contributed by atoms with E-state index in [0.717, 1.165) is 23.8 Å². The monoisotopic (exact) mass is 276 g/mol. The van der Waals surface area contributed by atoms with Gasteiger partial charge in [-0.3, -0.25) is 4.79 Å². The third-order valence-corrected chi connectivity index (χ3v) is 2.98. The van der Waals surface area contributed by atoms with Gasteiger partial charge >= 0.3 is 0 Å². The van der Waals surface area contributed by atoms with Gasteiger partial charge in [-0.15, -0.1) is 0 Å². The number of hydrogen-bond acceptors (Lipinski definition) is 2. The van der Waals surface area contributed by atoms with E-state index in [9.17, 15) is 13.6 Å². The molecule has 20 heavy (non-hydrogen) atoms. The van der Waals surface area contributed by atoms with Gasteiger partial charge in [0.15, 0.2) is 0 Å². The van der Waals surface area contributed by atoms with Gasteiger partial charge in [-0.2, -0.15) is 0 Å². The van der Waals surface area contributed by atoms with Crippen molar-refractivity contribution >= 4 is 11.6 Å². The second-order valence-electron chi connectivity index (χ2n) is 4.46. The molecule has 0 aliphatic carbocycles. The van der Waals surface area contributed by atoms with Crippen molar-refractivity contribution in [3.8, 4) is 0 Å². The van der Waals surface area contributed by atoms with Crippen molar-refractivity contribution in [2.45, 2.75) is 13.5 Å². The maximum absolute atomic E-state index is 13.4. The second-order valence-corrected chi connectivity index (χ2v) is 4.46. The van der Waals surface area contributed by atoms with Crippen molar-refractivity contribution in [3.05, 3.63) is 64.7 Å². The minimum absolute atomic E-state index is 0.0884. The van der Waals surface area contributed by atoms with Crippen LogP contribution >= 0.6 is 0 Å². The van der Waals surface area contributed by atoms with Crippen molar-refractivity contribution in [3.63, 3.8) is 0 Å². The molecule has 2 aromatic rings. The summed E-state index contributed by atoms with van der Waals surface area (Å²) in [5.74, 6) is -1.53. The number of benzene rings is 2. The van der Waals surface area contributed by atoms with Gasteiger partial charge in [-0.05, 0) is 36.8 Å². The number of rotatable bonds is 3. The molecule has 0 atom stereocenters. The zero-order valence-corrected chi connectivity index (χ0v) is 10.9. The number of nitrogens with two attached hydrogens (primary N) is 1. The molecule has 1 amide bonds. The van der Waals surface area contributed by atoms with E-state index in [4.69, 9.17) is 5.73 Å². The highest BCUT2D eigenvalue weighted by Crippen LogP contribution is 2.16. The van der Waals surface area contributed by atoms with Crippen LogP contribution in [0.3, 0.4) is 0 Å². The molecule has 104 valence electrons. The number of halogens is 2. The number of hydrogen-bond donors (Lipinski definition) is 2. The molecular formula is C15H14F2N2O. The summed E-state index contributed by atoms with van der Waals surface area (Å²) in [5, 5.41) is 2.54. The summed E-state index contributed by atoms with van der Waals surface area (Å²) in [6.07, 6.45) is 0. The molecule has 0 saturated heterocycles. The highest BCUT2D eigenvalue weighted by Gasteiger charge is 2.13. The first kappa shape index (κ1) is 14.0. The van der Waals surface area contributed by atoms with E-state index >= 15 is 0 Å². The van der Waals surface area contributed by atoms with E-state index in [1.807, 2.05) is 0 Å². The third-order valence-electron chi connectivity index (χ3n) is 2.98. The molecule has 0 fully saturated rings. The summed E-state index contributed by atoms with van der Waals surface area (Å²) in [6, 6.07) is 8.22. The topological polar surface area (TPSA) is 55.1 Å². The number of carbonyl (C=O) groups excluding carboxylic acids is 1. The molecular weight excluding hydrogens is 262 g/mol. The summed E-state index contributed by atoms with van der Waals surface area (Å²) >= 11 is 0. The van der Waals surface area contributed by atoms with E-state index in [0.29, 0.717) is 11.3 Å². The van der Waals surface area contributed by atoms with E-state index in [1.165, 1.54) is 0 Å². The number of aryl methyl sites for hydroxylation is 1. The Labute approximate surface area is 115 Å². The zero-order chi connectivity index (χ0) is 14.7. The van der Waals surface area contributed by atoms with Crippen molar-refractivity contribution in [1.82, 2.24) is 5.32 Å². The van der Waals surface area contributed by atoms with Crippen molar-refractivity contribution in [2.75, 3.05) is 5.73 Å². The smallest absolute Gasteiger partial charge is 0.253 e. The second kappa shape index (κ2) is 5.69. The van der Waals surface area contributed by atoms with Crippen LogP contribution in [0.4, 0.5) is 14.5 Å². The highest BCUT2D eigenvalue weighted by atomic mass is 19.1. The van der Waals surface area contributed by atoms with Crippen LogP contribution in [0, 0.1) is 18.6 Å². The van der Waals surface area contributed by atoms with Crippen LogP contribution in [0.15, 0.2) is 36.4 Å². The molecule has 0 aromatic heterocycles. The van der Waals surface area contributed by atoms with Gasteiger partial charge in [0.1, 0.15) is 11.6 Å². The van der Waals surface area contributed by atoms with Gasteiger partial charge in [0.25, 0.3) is 5.91 Å². The van der Waals surface area contributed by atoms with Gasteiger partial charge in [0.05, 0.1) is 5.56 Å². The van der Waals surface area contributed by atoms with Gasteiger partial charge in [0, 0.05) is 17.8 Å². The molecule has 0 spiro atoms. The Morgan fingerprint density at radius 1 is 1.25 bits per heavy atom. The molecule has 0 bridgehead atoms. The fraction of sp³-hybridized carbons (Fsp3) is 0.133. The molecule has 2 rings (SSSR count). The molecule has 0 aliphatic rings. The van der Waals surface area contributed by atoms with E-state index in [1.54, 1.807) is 25.1 Å². The van der Waals surface area contributed by atoms with Crippen LogP contribution in [0.1, 0.15) is 21.5 Å². The maximum atomic E-state index is 13.4. The Bertz CT molecular complexity index is 636. The molecule has 5 heteroatoms. The van der Waals surface area contributed by atoms with E-state index in [-0.39, 0.29) is 12.1 Å². The minimum atomic E-state index is -0.565. The van der Waals surface area contributed by atoms with Gasteiger partial charge in [-0.25, -0.2) is 8.78 Å². The van der Waals surface area contributed by atoms with Crippen LogP contribution in [0.25, 0.3) is 0 Å². The predicted octanol–water partition coefficient (Wildman–Crippen LogP) is 2.79. The lowest BCUT2D eigenvalue weighted by atomic mass is 10.1. The predicted molar refractivity (Wildman–Crippen MR) is 73.1 cm³/mol. The number of anilines is 1. The maximum Gasteiger partial charge on any atom is 0.253 e. The summed E-state index contributed by atoms with van der Waals surface area (Å²) < 4.78 is 26.5. The Balaban J connectivity index is 2.15. The number of carbonyl (C=O) groups is 1. The van der Waals surface area contributed by atoms with Crippen LogP contribution in [0.2, 0.25) is 0 Å². The number of nitrogens with one attached hydrogen (secondary N) is 1. The molecule has 3 nitrogen and oxygen atoms in total. The zero-order valence-electron chi connectivity index (χ0n) is 10.9. The lowest BCUT2D eigenvalue weighted by Gasteiger charge is -2.10. The number of amides is 1. The summed E-state index contributed by atoms with van der Waals surface area (Å²) in [7, 11) is 0. The molecule has 0 heterocycles. The highest BCUT2D eigenvalue weighted by molar-refractivity contribution is 6.00. The normalized spacial score (nSPS) is 10.3. The first-order valence-corrected chi connectivity index (χ1v) is 6.06. The summed E-state index contributed by atoms with van der Waals surface area (Å²) in [5.41, 5.74) is 7.26. The molecule has 0 saturated carbocycles. The third kappa shape index (κ3) is 2.93. The Kier molecular flexibility index (Phi) is 3.98. The molecule has 0 unspecified atom stereocenters. The van der Waals surface area contributed by atoms with Crippen LogP contribution < -0.4 is 11.1 Å².